The Morgan fingerprint density at radius 1 is 1.27 bits per heavy atom. The lowest BCUT2D eigenvalue weighted by atomic mass is 9.99. The SMILES string of the molecule is O=C1NCC(C(=O)NC(c2ccc(OC(F)(F)F)nc2)c2ccc(F)c(Cl)c2F)N1. The fourth-order valence-electron chi connectivity index (χ4n) is 2.70. The Labute approximate surface area is 170 Å². The van der Waals surface area contributed by atoms with Gasteiger partial charge in [0.1, 0.15) is 22.7 Å². The van der Waals surface area contributed by atoms with Crippen molar-refractivity contribution in [1.82, 2.24) is 20.9 Å². The molecular weight excluding hydrogens is 439 g/mol. The molecule has 30 heavy (non-hydrogen) atoms. The summed E-state index contributed by atoms with van der Waals surface area (Å²) in [5.41, 5.74) is -0.213. The first-order valence-corrected chi connectivity index (χ1v) is 8.63. The highest BCUT2D eigenvalue weighted by molar-refractivity contribution is 6.31. The van der Waals surface area contributed by atoms with Crippen LogP contribution in [0.3, 0.4) is 0 Å². The number of carbonyl (C=O) groups is 2. The first-order valence-electron chi connectivity index (χ1n) is 8.25. The summed E-state index contributed by atoms with van der Waals surface area (Å²) in [4.78, 5) is 27.2. The predicted molar refractivity (Wildman–Crippen MR) is 92.6 cm³/mol. The highest BCUT2D eigenvalue weighted by atomic mass is 35.5. The van der Waals surface area contributed by atoms with Crippen LogP contribution in [0.4, 0.5) is 26.7 Å². The number of nitrogens with zero attached hydrogens (tertiary/aromatic N) is 1. The number of urea groups is 1. The zero-order valence-corrected chi connectivity index (χ0v) is 15.4. The number of hydrogen-bond donors (Lipinski definition) is 3. The van der Waals surface area contributed by atoms with Gasteiger partial charge in [-0.1, -0.05) is 17.7 Å². The maximum atomic E-state index is 14.6. The van der Waals surface area contributed by atoms with Gasteiger partial charge in [-0.05, 0) is 17.7 Å². The van der Waals surface area contributed by atoms with Crippen molar-refractivity contribution >= 4 is 23.5 Å². The number of nitrogens with one attached hydrogen (secondary N) is 3. The van der Waals surface area contributed by atoms with E-state index in [-0.39, 0.29) is 17.7 Å². The van der Waals surface area contributed by atoms with Crippen molar-refractivity contribution in [3.8, 4) is 5.88 Å². The van der Waals surface area contributed by atoms with E-state index in [2.05, 4.69) is 25.7 Å². The van der Waals surface area contributed by atoms with Gasteiger partial charge in [0.05, 0.1) is 6.04 Å². The molecule has 2 atom stereocenters. The monoisotopic (exact) mass is 450 g/mol. The Bertz CT molecular complexity index is 971. The molecule has 0 saturated carbocycles. The third kappa shape index (κ3) is 4.87. The standard InChI is InChI=1S/C17H12ClF5N4O3/c18-12-9(19)3-2-8(13(12)20)14(27-15(28)10-6-25-16(29)26-10)7-1-4-11(24-5-7)30-17(21,22)23/h1-5,10,14H,6H2,(H,27,28)(H2,25,26,29). The fraction of sp³-hybridized carbons (Fsp3) is 0.235. The van der Waals surface area contributed by atoms with Crippen molar-refractivity contribution in [1.29, 1.82) is 0 Å². The summed E-state index contributed by atoms with van der Waals surface area (Å²) < 4.78 is 68.8. The van der Waals surface area contributed by atoms with Crippen LogP contribution in [0.1, 0.15) is 17.2 Å². The summed E-state index contributed by atoms with van der Waals surface area (Å²) in [6.07, 6.45) is -4.04. The topological polar surface area (TPSA) is 92.4 Å². The quantitative estimate of drug-likeness (QED) is 0.482. The maximum absolute atomic E-state index is 14.6. The van der Waals surface area contributed by atoms with Gasteiger partial charge in [-0.25, -0.2) is 18.6 Å². The van der Waals surface area contributed by atoms with Crippen molar-refractivity contribution in [2.75, 3.05) is 6.54 Å². The molecule has 3 amide bonds. The molecule has 13 heteroatoms. The number of benzene rings is 1. The van der Waals surface area contributed by atoms with Gasteiger partial charge < -0.3 is 20.7 Å². The molecule has 0 spiro atoms. The van der Waals surface area contributed by atoms with Crippen LogP contribution in [-0.2, 0) is 4.79 Å². The molecule has 2 aromatic rings. The van der Waals surface area contributed by atoms with Crippen molar-refractivity contribution in [3.63, 3.8) is 0 Å². The van der Waals surface area contributed by atoms with E-state index in [1.165, 1.54) is 0 Å². The van der Waals surface area contributed by atoms with Crippen LogP contribution in [0.2, 0.25) is 5.02 Å². The molecule has 7 nitrogen and oxygen atoms in total. The zero-order chi connectivity index (χ0) is 22.1. The van der Waals surface area contributed by atoms with Gasteiger partial charge in [-0.3, -0.25) is 4.79 Å². The zero-order valence-electron chi connectivity index (χ0n) is 14.7. The summed E-state index contributed by atoms with van der Waals surface area (Å²) in [5.74, 6) is -3.72. The molecule has 1 aromatic heterocycles. The molecule has 3 N–H and O–H groups in total. The molecule has 0 aliphatic carbocycles. The van der Waals surface area contributed by atoms with Crippen molar-refractivity contribution in [3.05, 3.63) is 58.2 Å². The van der Waals surface area contributed by atoms with Gasteiger partial charge in [0.2, 0.25) is 11.8 Å². The summed E-state index contributed by atoms with van der Waals surface area (Å²) in [5, 5.41) is 6.32. The lowest BCUT2D eigenvalue weighted by Crippen LogP contribution is -2.44. The lowest BCUT2D eigenvalue weighted by molar-refractivity contribution is -0.276. The van der Waals surface area contributed by atoms with E-state index in [1.54, 1.807) is 0 Å². The van der Waals surface area contributed by atoms with E-state index >= 15 is 0 Å². The minimum absolute atomic E-state index is 0.0410. The largest absolute Gasteiger partial charge is 0.574 e. The summed E-state index contributed by atoms with van der Waals surface area (Å²) in [7, 11) is 0. The lowest BCUT2D eigenvalue weighted by Gasteiger charge is -2.22. The molecule has 1 aromatic carbocycles. The van der Waals surface area contributed by atoms with E-state index in [1.807, 2.05) is 0 Å². The molecule has 0 radical (unpaired) electrons. The minimum Gasteiger partial charge on any atom is -0.388 e. The number of amides is 3. The Hall–Kier alpha value is -3.15. The van der Waals surface area contributed by atoms with Crippen molar-refractivity contribution < 1.29 is 36.3 Å². The number of pyridine rings is 1. The van der Waals surface area contributed by atoms with Crippen LogP contribution in [0.5, 0.6) is 5.88 Å². The van der Waals surface area contributed by atoms with Crippen LogP contribution in [0, 0.1) is 11.6 Å². The van der Waals surface area contributed by atoms with E-state index in [9.17, 15) is 31.5 Å². The Balaban J connectivity index is 1.94. The van der Waals surface area contributed by atoms with Gasteiger partial charge in [0.25, 0.3) is 0 Å². The second kappa shape index (κ2) is 8.30. The van der Waals surface area contributed by atoms with Crippen LogP contribution in [0.25, 0.3) is 0 Å². The average Bonchev–Trinajstić information content (AvgIpc) is 3.11. The first-order chi connectivity index (χ1) is 14.0. The van der Waals surface area contributed by atoms with Crippen LogP contribution in [-0.4, -0.2) is 35.9 Å². The molecule has 160 valence electrons. The summed E-state index contributed by atoms with van der Waals surface area (Å²) in [6, 6.07) is 0.990. The van der Waals surface area contributed by atoms with Crippen LogP contribution in [0.15, 0.2) is 30.5 Å². The second-order valence-electron chi connectivity index (χ2n) is 6.09. The van der Waals surface area contributed by atoms with Gasteiger partial charge in [-0.2, -0.15) is 0 Å². The molecular formula is C17H12ClF5N4O3. The maximum Gasteiger partial charge on any atom is 0.574 e. The Kier molecular flexibility index (Phi) is 5.97. The van der Waals surface area contributed by atoms with Crippen molar-refractivity contribution in [2.45, 2.75) is 18.4 Å². The van der Waals surface area contributed by atoms with E-state index in [4.69, 9.17) is 11.6 Å². The van der Waals surface area contributed by atoms with Crippen LogP contribution >= 0.6 is 11.6 Å². The second-order valence-corrected chi connectivity index (χ2v) is 6.47. The molecule has 1 aliphatic rings. The predicted octanol–water partition coefficient (Wildman–Crippen LogP) is 2.80. The highest BCUT2D eigenvalue weighted by Crippen LogP contribution is 2.31. The first kappa shape index (κ1) is 21.6. The van der Waals surface area contributed by atoms with E-state index in [0.717, 1.165) is 30.5 Å². The molecule has 1 aliphatic heterocycles. The summed E-state index contributed by atoms with van der Waals surface area (Å²) >= 11 is 5.60. The molecule has 0 bridgehead atoms. The molecule has 3 rings (SSSR count). The van der Waals surface area contributed by atoms with Gasteiger partial charge in [-0.15, -0.1) is 13.2 Å². The van der Waals surface area contributed by atoms with Gasteiger partial charge in [0.15, 0.2) is 0 Å². The molecule has 1 saturated heterocycles. The minimum atomic E-state index is -4.97. The number of carbonyl (C=O) groups excluding carboxylic acids is 2. The number of aromatic nitrogens is 1. The number of rotatable bonds is 5. The normalized spacial score (nSPS) is 17.1. The molecule has 2 heterocycles. The van der Waals surface area contributed by atoms with Gasteiger partial charge >= 0.3 is 12.4 Å². The number of ether oxygens (including phenoxy) is 1. The summed E-state index contributed by atoms with van der Waals surface area (Å²) in [6.45, 7) is -0.0410. The Morgan fingerprint density at radius 2 is 2.00 bits per heavy atom. The smallest absolute Gasteiger partial charge is 0.388 e. The molecule has 2 unspecified atom stereocenters. The number of halogens is 6. The van der Waals surface area contributed by atoms with E-state index < -0.39 is 52.9 Å². The molecule has 1 fully saturated rings. The Morgan fingerprint density at radius 3 is 2.57 bits per heavy atom. The van der Waals surface area contributed by atoms with Gasteiger partial charge in [0, 0.05) is 24.4 Å². The number of alkyl halides is 3. The van der Waals surface area contributed by atoms with Crippen molar-refractivity contribution in [2.24, 2.45) is 0 Å². The third-order valence-corrected chi connectivity index (χ3v) is 4.41. The van der Waals surface area contributed by atoms with E-state index in [0.29, 0.717) is 0 Å². The third-order valence-electron chi connectivity index (χ3n) is 4.06. The average molecular weight is 451 g/mol. The highest BCUT2D eigenvalue weighted by Gasteiger charge is 2.33. The number of hydrogen-bond acceptors (Lipinski definition) is 4. The van der Waals surface area contributed by atoms with Crippen LogP contribution < -0.4 is 20.7 Å². The fourth-order valence-corrected chi connectivity index (χ4v) is 2.87.